The maximum atomic E-state index is 13.3. The van der Waals surface area contributed by atoms with Gasteiger partial charge in [0.15, 0.2) is 5.65 Å². The minimum atomic E-state index is -1.27. The Bertz CT molecular complexity index is 1800. The molecule has 0 spiro atoms. The first-order chi connectivity index (χ1) is 25.0. The summed E-state index contributed by atoms with van der Waals surface area (Å²) in [4.78, 5) is 27.7. The number of carbonyl (C=O) groups excluding carboxylic acids is 1. The summed E-state index contributed by atoms with van der Waals surface area (Å²) in [6.07, 6.45) is 7.27. The third-order valence-corrected chi connectivity index (χ3v) is 13.6. The first kappa shape index (κ1) is 39.1. The van der Waals surface area contributed by atoms with Gasteiger partial charge in [0, 0.05) is 82.0 Å². The summed E-state index contributed by atoms with van der Waals surface area (Å²) in [7, 11) is -2.54. The van der Waals surface area contributed by atoms with Gasteiger partial charge in [-0.3, -0.25) is 4.98 Å². The van der Waals surface area contributed by atoms with Gasteiger partial charge in [-0.1, -0.05) is 75.7 Å². The summed E-state index contributed by atoms with van der Waals surface area (Å²) in [6, 6.07) is 19.0. The molecule has 2 saturated heterocycles. The zero-order valence-corrected chi connectivity index (χ0v) is 35.4. The molecule has 3 atom stereocenters. The van der Waals surface area contributed by atoms with Crippen LogP contribution in [0.15, 0.2) is 60.9 Å². The van der Waals surface area contributed by atoms with Crippen molar-refractivity contribution in [1.29, 1.82) is 0 Å². The lowest BCUT2D eigenvalue weighted by Gasteiger charge is -2.39. The molecule has 0 saturated carbocycles. The summed E-state index contributed by atoms with van der Waals surface area (Å²) in [6.45, 7) is 22.2. The van der Waals surface area contributed by atoms with Gasteiger partial charge in [0.2, 0.25) is 0 Å². The minimum Gasteiger partial charge on any atom is -0.444 e. The number of rotatable bonds is 14. The van der Waals surface area contributed by atoms with Crippen molar-refractivity contribution in [3.63, 3.8) is 0 Å². The molecular weight excluding hydrogens is 697 g/mol. The number of pyridine rings is 1. The van der Waals surface area contributed by atoms with Gasteiger partial charge in [-0.2, -0.15) is 9.61 Å². The molecule has 0 N–H and O–H groups in total. The number of fused-ring (bicyclic) bond motifs is 3. The van der Waals surface area contributed by atoms with E-state index in [2.05, 4.69) is 74.5 Å². The van der Waals surface area contributed by atoms with Crippen molar-refractivity contribution in [3.05, 3.63) is 66.6 Å². The lowest BCUT2D eigenvalue weighted by molar-refractivity contribution is 0.00569. The zero-order valence-electron chi connectivity index (χ0n) is 33.4. The maximum absolute atomic E-state index is 13.3. The van der Waals surface area contributed by atoms with Crippen molar-refractivity contribution in [3.8, 4) is 22.4 Å². The first-order valence-electron chi connectivity index (χ1n) is 19.4. The number of aromatic nitrogens is 4. The van der Waals surface area contributed by atoms with E-state index in [-0.39, 0.29) is 24.1 Å². The lowest BCUT2D eigenvalue weighted by Crippen LogP contribution is -2.48. The van der Waals surface area contributed by atoms with Crippen molar-refractivity contribution >= 4 is 33.7 Å². The van der Waals surface area contributed by atoms with Crippen molar-refractivity contribution < 1.29 is 19.0 Å². The number of piperidine rings is 1. The van der Waals surface area contributed by atoms with E-state index in [0.717, 1.165) is 77.3 Å². The Labute approximate surface area is 318 Å². The van der Waals surface area contributed by atoms with Crippen LogP contribution >= 0.6 is 0 Å². The standard InChI is InChI=1S/C41H60N6O4Si2/c1-41(2,3)51-40(48)46-33-16-17-34(46)24-32(23-33)37-25-38(45(28-49-19-21-52(4,5)6)29-50-20-22-53(7,8)9)47-39(44-37)35(27-43-47)31-15-18-36(42-26-31)30-13-11-10-12-14-30/h10-15,18,25-27,32-34H,16-17,19-24,28-29H2,1-9H3/t32-,33-,34+. The monoisotopic (exact) mass is 756 g/mol. The largest absolute Gasteiger partial charge is 0.444 e. The third-order valence-electron chi connectivity index (χ3n) is 10.2. The molecule has 53 heavy (non-hydrogen) atoms. The minimum absolute atomic E-state index is 0.125. The fourth-order valence-electron chi connectivity index (χ4n) is 7.24. The van der Waals surface area contributed by atoms with E-state index in [4.69, 9.17) is 29.3 Å². The van der Waals surface area contributed by atoms with Gasteiger partial charge >= 0.3 is 6.09 Å². The Morgan fingerprint density at radius 2 is 1.47 bits per heavy atom. The number of hydrogen-bond donors (Lipinski definition) is 0. The molecule has 1 aromatic carbocycles. The molecule has 0 radical (unpaired) electrons. The van der Waals surface area contributed by atoms with Crippen LogP contribution in [0.25, 0.3) is 28.0 Å². The fourth-order valence-corrected chi connectivity index (χ4v) is 8.76. The number of nitrogens with zero attached hydrogens (tertiary/aromatic N) is 6. The summed E-state index contributed by atoms with van der Waals surface area (Å²) >= 11 is 0. The smallest absolute Gasteiger partial charge is 0.410 e. The van der Waals surface area contributed by atoms with Gasteiger partial charge in [-0.15, -0.1) is 0 Å². The Balaban J connectivity index is 1.36. The second-order valence-corrected chi connectivity index (χ2v) is 29.6. The summed E-state index contributed by atoms with van der Waals surface area (Å²) < 4.78 is 20.6. The summed E-state index contributed by atoms with van der Waals surface area (Å²) in [5, 5.41) is 4.95. The number of amides is 1. The molecule has 4 aromatic rings. The number of benzene rings is 1. The number of hydrogen-bond acceptors (Lipinski definition) is 8. The van der Waals surface area contributed by atoms with Crippen molar-refractivity contribution in [2.75, 3.05) is 31.6 Å². The molecule has 286 valence electrons. The number of carbonyl (C=O) groups is 1. The van der Waals surface area contributed by atoms with Crippen LogP contribution in [0, 0.1) is 0 Å². The summed E-state index contributed by atoms with van der Waals surface area (Å²) in [5.74, 6) is 1.08. The van der Waals surface area contributed by atoms with E-state index in [1.807, 2.05) is 60.8 Å². The van der Waals surface area contributed by atoms with Crippen LogP contribution in [0.1, 0.15) is 58.1 Å². The molecule has 6 rings (SSSR count). The van der Waals surface area contributed by atoms with Crippen molar-refractivity contribution in [2.24, 2.45) is 0 Å². The van der Waals surface area contributed by atoms with Gasteiger partial charge in [-0.05, 0) is 64.6 Å². The second-order valence-electron chi connectivity index (χ2n) is 18.3. The Kier molecular flexibility index (Phi) is 11.8. The average Bonchev–Trinajstić information content (AvgIpc) is 3.63. The van der Waals surface area contributed by atoms with Gasteiger partial charge in [0.25, 0.3) is 0 Å². The normalized spacial score (nSPS) is 19.2. The molecule has 3 aromatic heterocycles. The maximum Gasteiger partial charge on any atom is 0.410 e. The van der Waals surface area contributed by atoms with Gasteiger partial charge < -0.3 is 24.0 Å². The predicted molar refractivity (Wildman–Crippen MR) is 219 cm³/mol. The van der Waals surface area contributed by atoms with Gasteiger partial charge in [-0.25, -0.2) is 9.78 Å². The van der Waals surface area contributed by atoms with Crippen LogP contribution in [0.4, 0.5) is 10.6 Å². The van der Waals surface area contributed by atoms with E-state index < -0.39 is 21.7 Å². The molecular formula is C41H60N6O4Si2. The highest BCUT2D eigenvalue weighted by Crippen LogP contribution is 2.44. The van der Waals surface area contributed by atoms with Crippen LogP contribution in [-0.2, 0) is 14.2 Å². The van der Waals surface area contributed by atoms with Crippen molar-refractivity contribution in [1.82, 2.24) is 24.5 Å². The molecule has 0 unspecified atom stereocenters. The van der Waals surface area contributed by atoms with Crippen LogP contribution in [0.3, 0.4) is 0 Å². The SMILES string of the molecule is CC(C)(C)OC(=O)N1[C@@H]2CC[C@H]1C[C@H](c1cc(N(COCC[Si](C)(C)C)COCC[Si](C)(C)C)n3ncc(-c4ccc(-c5ccccc5)nc4)c3n1)C2. The van der Waals surface area contributed by atoms with Gasteiger partial charge in [0.1, 0.15) is 24.9 Å². The quantitative estimate of drug-likeness (QED) is 0.0714. The second kappa shape index (κ2) is 16.0. The zero-order chi connectivity index (χ0) is 38.0. The molecule has 5 heterocycles. The lowest BCUT2D eigenvalue weighted by atomic mass is 9.88. The molecule has 12 heteroatoms. The predicted octanol–water partition coefficient (Wildman–Crippen LogP) is 9.53. The molecule has 2 fully saturated rings. The van der Waals surface area contributed by atoms with E-state index in [9.17, 15) is 4.79 Å². The van der Waals surface area contributed by atoms with Crippen molar-refractivity contribution in [2.45, 2.75) is 121 Å². The van der Waals surface area contributed by atoms with Crippen LogP contribution < -0.4 is 4.90 Å². The molecule has 10 nitrogen and oxygen atoms in total. The first-order valence-corrected chi connectivity index (χ1v) is 26.8. The van der Waals surface area contributed by atoms with Crippen LogP contribution in [-0.4, -0.2) is 91.1 Å². The van der Waals surface area contributed by atoms with Gasteiger partial charge in [0.05, 0.1) is 11.9 Å². The molecule has 2 bridgehead atoms. The highest BCUT2D eigenvalue weighted by molar-refractivity contribution is 6.76. The Hall–Kier alpha value is -3.59. The highest BCUT2D eigenvalue weighted by atomic mass is 28.3. The van der Waals surface area contributed by atoms with Crippen LogP contribution in [0.5, 0.6) is 0 Å². The van der Waals surface area contributed by atoms with E-state index in [1.54, 1.807) is 0 Å². The Morgan fingerprint density at radius 3 is 2.02 bits per heavy atom. The van der Waals surface area contributed by atoms with E-state index in [0.29, 0.717) is 26.7 Å². The molecule has 2 aliphatic heterocycles. The molecule has 2 aliphatic rings. The molecule has 0 aliphatic carbocycles. The topological polar surface area (TPSA) is 94.3 Å². The number of ether oxygens (including phenoxy) is 3. The fraction of sp³-hybridized carbons (Fsp3) is 0.561. The van der Waals surface area contributed by atoms with E-state index in [1.165, 1.54) is 0 Å². The molecule has 1 amide bonds. The average molecular weight is 757 g/mol. The van der Waals surface area contributed by atoms with E-state index >= 15 is 0 Å². The highest BCUT2D eigenvalue weighted by Gasteiger charge is 2.45. The van der Waals surface area contributed by atoms with Crippen LogP contribution in [0.2, 0.25) is 51.4 Å². The third kappa shape index (κ3) is 10.1. The Morgan fingerprint density at radius 1 is 0.849 bits per heavy atom. The number of anilines is 1. The summed E-state index contributed by atoms with van der Waals surface area (Å²) in [5.41, 5.74) is 5.14.